The third-order valence-electron chi connectivity index (χ3n) is 4.28. The quantitative estimate of drug-likeness (QED) is 0.853. The average molecular weight is 310 g/mol. The van der Waals surface area contributed by atoms with Crippen LogP contribution in [0.1, 0.15) is 49.0 Å². The molecule has 3 rings (SSSR count). The van der Waals surface area contributed by atoms with Gasteiger partial charge in [-0.05, 0) is 12.8 Å². The molecular formula is C18H22N4O. The molecular weight excluding hydrogens is 288 g/mol. The van der Waals surface area contributed by atoms with Gasteiger partial charge in [0.25, 0.3) is 5.91 Å². The number of anilines is 1. The topological polar surface area (TPSA) is 80.9 Å². The lowest BCUT2D eigenvalue weighted by Gasteiger charge is -2.16. The second-order valence-electron chi connectivity index (χ2n) is 6.02. The van der Waals surface area contributed by atoms with E-state index in [0.29, 0.717) is 5.69 Å². The summed E-state index contributed by atoms with van der Waals surface area (Å²) >= 11 is 0. The van der Waals surface area contributed by atoms with Crippen molar-refractivity contribution in [1.29, 1.82) is 0 Å². The molecule has 1 aromatic heterocycles. The molecule has 3 N–H and O–H groups in total. The lowest BCUT2D eigenvalue weighted by atomic mass is 10.1. The number of carbonyl (C=O) groups excluding carboxylic acids is 1. The van der Waals surface area contributed by atoms with Crippen LogP contribution in [-0.4, -0.2) is 21.9 Å². The first-order valence-electron chi connectivity index (χ1n) is 8.23. The number of nitrogens with two attached hydrogens (primary N) is 1. The van der Waals surface area contributed by atoms with Crippen LogP contribution in [-0.2, 0) is 0 Å². The Balaban J connectivity index is 1.79. The maximum atomic E-state index is 12.5. The Morgan fingerprint density at radius 1 is 1.09 bits per heavy atom. The predicted molar refractivity (Wildman–Crippen MR) is 90.8 cm³/mol. The van der Waals surface area contributed by atoms with E-state index >= 15 is 0 Å². The summed E-state index contributed by atoms with van der Waals surface area (Å²) in [6.45, 7) is 0. The van der Waals surface area contributed by atoms with Gasteiger partial charge in [0.1, 0.15) is 0 Å². The maximum Gasteiger partial charge on any atom is 0.273 e. The third kappa shape index (κ3) is 3.86. The molecule has 1 aliphatic rings. The zero-order valence-electron chi connectivity index (χ0n) is 13.2. The molecule has 0 spiro atoms. The predicted octanol–water partition coefficient (Wildman–Crippen LogP) is 3.18. The van der Waals surface area contributed by atoms with Crippen LogP contribution in [0.2, 0.25) is 0 Å². The summed E-state index contributed by atoms with van der Waals surface area (Å²) in [5.41, 5.74) is 7.67. The number of hydrogen-bond donors (Lipinski definition) is 2. The molecule has 1 fully saturated rings. The Morgan fingerprint density at radius 3 is 2.48 bits per heavy atom. The van der Waals surface area contributed by atoms with Gasteiger partial charge in [0.15, 0.2) is 11.5 Å². The summed E-state index contributed by atoms with van der Waals surface area (Å²) in [6.07, 6.45) is 8.48. The molecule has 0 saturated heterocycles. The minimum absolute atomic E-state index is 0.177. The minimum Gasteiger partial charge on any atom is -0.382 e. The lowest BCUT2D eigenvalue weighted by Crippen LogP contribution is -2.35. The molecule has 0 radical (unpaired) electrons. The zero-order chi connectivity index (χ0) is 16.1. The van der Waals surface area contributed by atoms with E-state index in [1.165, 1.54) is 12.8 Å². The van der Waals surface area contributed by atoms with E-state index in [-0.39, 0.29) is 23.5 Å². The van der Waals surface area contributed by atoms with Crippen LogP contribution >= 0.6 is 0 Å². The fraction of sp³-hybridized carbons (Fsp3) is 0.389. The van der Waals surface area contributed by atoms with E-state index in [2.05, 4.69) is 15.3 Å². The summed E-state index contributed by atoms with van der Waals surface area (Å²) in [6, 6.07) is 9.89. The molecule has 0 atom stereocenters. The van der Waals surface area contributed by atoms with Crippen molar-refractivity contribution in [1.82, 2.24) is 15.3 Å². The fourth-order valence-corrected chi connectivity index (χ4v) is 2.99. The summed E-state index contributed by atoms with van der Waals surface area (Å²) in [5, 5.41) is 3.07. The van der Waals surface area contributed by atoms with Gasteiger partial charge < -0.3 is 11.1 Å². The van der Waals surface area contributed by atoms with Crippen molar-refractivity contribution >= 4 is 11.7 Å². The average Bonchev–Trinajstić information content (AvgIpc) is 2.84. The molecule has 1 aromatic carbocycles. The molecule has 1 amide bonds. The first-order chi connectivity index (χ1) is 11.2. The molecule has 0 unspecified atom stereocenters. The Kier molecular flexibility index (Phi) is 4.86. The van der Waals surface area contributed by atoms with Gasteiger partial charge in [0.05, 0.1) is 11.9 Å². The molecule has 5 nitrogen and oxygen atoms in total. The van der Waals surface area contributed by atoms with Gasteiger partial charge in [-0.2, -0.15) is 0 Å². The smallest absolute Gasteiger partial charge is 0.273 e. The first kappa shape index (κ1) is 15.5. The van der Waals surface area contributed by atoms with Crippen LogP contribution in [0.25, 0.3) is 11.3 Å². The fourth-order valence-electron chi connectivity index (χ4n) is 2.99. The molecule has 5 heteroatoms. The summed E-state index contributed by atoms with van der Waals surface area (Å²) in [7, 11) is 0. The highest BCUT2D eigenvalue weighted by atomic mass is 16.2. The molecule has 1 aliphatic carbocycles. The van der Waals surface area contributed by atoms with Gasteiger partial charge >= 0.3 is 0 Å². The van der Waals surface area contributed by atoms with Crippen LogP contribution in [0.3, 0.4) is 0 Å². The number of nitrogen functional groups attached to an aromatic ring is 1. The van der Waals surface area contributed by atoms with Crippen molar-refractivity contribution in [2.24, 2.45) is 0 Å². The number of rotatable bonds is 3. The highest BCUT2D eigenvalue weighted by Gasteiger charge is 2.19. The maximum absolute atomic E-state index is 12.5. The molecule has 23 heavy (non-hydrogen) atoms. The van der Waals surface area contributed by atoms with Crippen LogP contribution in [0.15, 0.2) is 36.5 Å². The number of benzene rings is 1. The van der Waals surface area contributed by atoms with Crippen molar-refractivity contribution in [2.45, 2.75) is 44.6 Å². The zero-order valence-corrected chi connectivity index (χ0v) is 13.2. The number of amides is 1. The highest BCUT2D eigenvalue weighted by Crippen LogP contribution is 2.20. The van der Waals surface area contributed by atoms with Crippen molar-refractivity contribution < 1.29 is 4.79 Å². The summed E-state index contributed by atoms with van der Waals surface area (Å²) in [4.78, 5) is 21.1. The van der Waals surface area contributed by atoms with Crippen molar-refractivity contribution in [3.63, 3.8) is 0 Å². The molecule has 0 bridgehead atoms. The van der Waals surface area contributed by atoms with Gasteiger partial charge in [0, 0.05) is 11.6 Å². The van der Waals surface area contributed by atoms with Crippen LogP contribution in [0.5, 0.6) is 0 Å². The van der Waals surface area contributed by atoms with E-state index in [0.717, 1.165) is 31.2 Å². The standard InChI is InChI=1S/C18H22N4O/c19-17-16(18(23)21-14-10-6-1-2-7-11-14)22-15(12-20-17)13-8-4-3-5-9-13/h3-5,8-9,12,14H,1-2,6-7,10-11H2,(H2,19,20)(H,21,23). The lowest BCUT2D eigenvalue weighted by molar-refractivity contribution is 0.0929. The molecule has 0 aliphatic heterocycles. The summed E-state index contributed by atoms with van der Waals surface area (Å²) in [5.74, 6) is -0.0458. The van der Waals surface area contributed by atoms with Gasteiger partial charge in [-0.3, -0.25) is 4.79 Å². The van der Waals surface area contributed by atoms with Crippen LogP contribution in [0, 0.1) is 0 Å². The largest absolute Gasteiger partial charge is 0.382 e. The van der Waals surface area contributed by atoms with Gasteiger partial charge in [-0.15, -0.1) is 0 Å². The number of hydrogen-bond acceptors (Lipinski definition) is 4. The second-order valence-corrected chi connectivity index (χ2v) is 6.02. The highest BCUT2D eigenvalue weighted by molar-refractivity contribution is 5.97. The Bertz CT molecular complexity index is 664. The Labute approximate surface area is 136 Å². The van der Waals surface area contributed by atoms with E-state index in [1.54, 1.807) is 6.20 Å². The molecule has 1 saturated carbocycles. The number of carbonyl (C=O) groups is 1. The minimum atomic E-state index is -0.223. The molecule has 2 aromatic rings. The Morgan fingerprint density at radius 2 is 1.78 bits per heavy atom. The second kappa shape index (κ2) is 7.22. The molecule has 1 heterocycles. The SMILES string of the molecule is Nc1ncc(-c2ccccc2)nc1C(=O)NC1CCCCCC1. The van der Waals surface area contributed by atoms with Crippen molar-refractivity contribution in [3.8, 4) is 11.3 Å². The van der Waals surface area contributed by atoms with Gasteiger partial charge in [-0.25, -0.2) is 9.97 Å². The van der Waals surface area contributed by atoms with Crippen LogP contribution in [0.4, 0.5) is 5.82 Å². The number of nitrogens with one attached hydrogen (secondary N) is 1. The van der Waals surface area contributed by atoms with Gasteiger partial charge in [0.2, 0.25) is 0 Å². The monoisotopic (exact) mass is 310 g/mol. The normalized spacial score (nSPS) is 15.8. The molecule has 120 valence electrons. The number of aromatic nitrogens is 2. The van der Waals surface area contributed by atoms with E-state index in [1.807, 2.05) is 30.3 Å². The number of nitrogens with zero attached hydrogens (tertiary/aromatic N) is 2. The summed E-state index contributed by atoms with van der Waals surface area (Å²) < 4.78 is 0. The first-order valence-corrected chi connectivity index (χ1v) is 8.23. The van der Waals surface area contributed by atoms with Gasteiger partial charge in [-0.1, -0.05) is 56.0 Å². The van der Waals surface area contributed by atoms with Crippen molar-refractivity contribution in [3.05, 3.63) is 42.2 Å². The van der Waals surface area contributed by atoms with E-state index in [9.17, 15) is 4.79 Å². The van der Waals surface area contributed by atoms with E-state index in [4.69, 9.17) is 5.73 Å². The third-order valence-corrected chi connectivity index (χ3v) is 4.28. The van der Waals surface area contributed by atoms with E-state index < -0.39 is 0 Å². The van der Waals surface area contributed by atoms with Crippen molar-refractivity contribution in [2.75, 3.05) is 5.73 Å². The Hall–Kier alpha value is -2.43. The van der Waals surface area contributed by atoms with Crippen LogP contribution < -0.4 is 11.1 Å².